The third kappa shape index (κ3) is 2.56. The topological polar surface area (TPSA) is 94.9 Å². The highest BCUT2D eigenvalue weighted by Gasteiger charge is 2.35. The van der Waals surface area contributed by atoms with Gasteiger partial charge in [0.15, 0.2) is 0 Å². The van der Waals surface area contributed by atoms with Gasteiger partial charge in [0.1, 0.15) is 0 Å². The summed E-state index contributed by atoms with van der Waals surface area (Å²) in [7, 11) is -3.76. The van der Waals surface area contributed by atoms with Crippen LogP contribution in [0.5, 0.6) is 0 Å². The summed E-state index contributed by atoms with van der Waals surface area (Å²) in [6, 6.07) is 3.65. The minimum atomic E-state index is -3.76. The predicted molar refractivity (Wildman–Crippen MR) is 72.1 cm³/mol. The van der Waals surface area contributed by atoms with E-state index in [0.29, 0.717) is 24.9 Å². The lowest BCUT2D eigenvalue weighted by molar-refractivity contribution is 0.0696. The first-order valence-electron chi connectivity index (χ1n) is 6.34. The first-order valence-corrected chi connectivity index (χ1v) is 7.78. The van der Waals surface area contributed by atoms with Crippen LogP contribution in [-0.2, 0) is 10.0 Å². The van der Waals surface area contributed by atoms with Gasteiger partial charge in [0, 0.05) is 12.6 Å². The Kier molecular flexibility index (Phi) is 4.12. The molecule has 0 saturated carbocycles. The van der Waals surface area contributed by atoms with Crippen LogP contribution in [0.2, 0.25) is 0 Å². The maximum absolute atomic E-state index is 12.5. The number of sulfonamides is 1. The number of carboxylic acids is 1. The molecule has 0 aromatic heterocycles. The number of hydrogen-bond acceptors (Lipinski definition) is 4. The predicted octanol–water partition coefficient (Wildman–Crippen LogP) is 0.839. The van der Waals surface area contributed by atoms with Gasteiger partial charge in [-0.05, 0) is 37.5 Å². The molecule has 1 heterocycles. The molecule has 0 aliphatic carbocycles. The molecule has 110 valence electrons. The molecule has 0 spiro atoms. The van der Waals surface area contributed by atoms with Crippen molar-refractivity contribution in [1.82, 2.24) is 4.31 Å². The molecule has 1 fully saturated rings. The summed E-state index contributed by atoms with van der Waals surface area (Å²) in [5.74, 6) is -1.15. The Balaban J connectivity index is 2.44. The molecule has 1 atom stereocenters. The van der Waals surface area contributed by atoms with Crippen LogP contribution in [0.25, 0.3) is 0 Å². The van der Waals surface area contributed by atoms with Crippen LogP contribution >= 0.6 is 0 Å². The maximum Gasteiger partial charge on any atom is 0.335 e. The van der Waals surface area contributed by atoms with Crippen LogP contribution < -0.4 is 0 Å². The van der Waals surface area contributed by atoms with Crippen molar-refractivity contribution in [2.45, 2.75) is 30.7 Å². The number of rotatable bonds is 4. The highest BCUT2D eigenvalue weighted by atomic mass is 32.2. The number of aliphatic hydroxyl groups excluding tert-OH is 1. The van der Waals surface area contributed by atoms with Crippen LogP contribution in [0.15, 0.2) is 23.1 Å². The molecule has 0 unspecified atom stereocenters. The van der Waals surface area contributed by atoms with Crippen molar-refractivity contribution in [1.29, 1.82) is 0 Å². The summed E-state index contributed by atoms with van der Waals surface area (Å²) in [5.41, 5.74) is 0.488. The van der Waals surface area contributed by atoms with Crippen molar-refractivity contribution in [3.8, 4) is 0 Å². The lowest BCUT2D eigenvalue weighted by atomic mass is 10.1. The molecule has 0 bridgehead atoms. The van der Waals surface area contributed by atoms with Gasteiger partial charge in [-0.2, -0.15) is 4.31 Å². The van der Waals surface area contributed by atoms with Gasteiger partial charge < -0.3 is 10.2 Å². The lowest BCUT2D eigenvalue weighted by Crippen LogP contribution is -2.37. The van der Waals surface area contributed by atoms with E-state index in [1.807, 2.05) is 0 Å². The Labute approximate surface area is 117 Å². The Morgan fingerprint density at radius 1 is 1.45 bits per heavy atom. The number of hydrogen-bond donors (Lipinski definition) is 2. The van der Waals surface area contributed by atoms with E-state index < -0.39 is 22.0 Å². The second-order valence-electron chi connectivity index (χ2n) is 4.88. The average molecular weight is 299 g/mol. The zero-order valence-electron chi connectivity index (χ0n) is 11.1. The maximum atomic E-state index is 12.5. The summed E-state index contributed by atoms with van der Waals surface area (Å²) < 4.78 is 26.3. The molecule has 0 amide bonds. The summed E-state index contributed by atoms with van der Waals surface area (Å²) in [6.45, 7) is 1.74. The molecule has 2 N–H and O–H groups in total. The number of carboxylic acid groups (broad SMARTS) is 1. The summed E-state index contributed by atoms with van der Waals surface area (Å²) in [5, 5.41) is 18.3. The molecular formula is C13H17NO5S. The number of nitrogens with zero attached hydrogens (tertiary/aromatic N) is 1. The third-order valence-electron chi connectivity index (χ3n) is 3.58. The fourth-order valence-corrected chi connectivity index (χ4v) is 4.15. The summed E-state index contributed by atoms with van der Waals surface area (Å²) >= 11 is 0. The Morgan fingerprint density at radius 2 is 2.15 bits per heavy atom. The van der Waals surface area contributed by atoms with Gasteiger partial charge >= 0.3 is 5.97 Å². The highest BCUT2D eigenvalue weighted by molar-refractivity contribution is 7.89. The van der Waals surface area contributed by atoms with E-state index in [1.54, 1.807) is 6.92 Å². The summed E-state index contributed by atoms with van der Waals surface area (Å²) in [6.07, 6.45) is 1.31. The standard InChI is InChI=1S/C13H17NO5S/c1-9-4-5-11(7-12(9)13(16)17)20(18,19)14-6-2-3-10(14)8-15/h4-5,7,10,15H,2-3,6,8H2,1H3,(H,16,17)/t10-/m1/s1. The number of aromatic carboxylic acids is 1. The molecule has 20 heavy (non-hydrogen) atoms. The fourth-order valence-electron chi connectivity index (χ4n) is 2.44. The monoisotopic (exact) mass is 299 g/mol. The smallest absolute Gasteiger partial charge is 0.335 e. The number of benzene rings is 1. The highest BCUT2D eigenvalue weighted by Crippen LogP contribution is 2.27. The quantitative estimate of drug-likeness (QED) is 0.859. The van der Waals surface area contributed by atoms with Crippen LogP contribution in [-0.4, -0.2) is 48.1 Å². The third-order valence-corrected chi connectivity index (χ3v) is 5.53. The van der Waals surface area contributed by atoms with E-state index in [0.717, 1.165) is 0 Å². The number of aryl methyl sites for hydroxylation is 1. The van der Waals surface area contributed by atoms with Crippen LogP contribution in [0, 0.1) is 6.92 Å². The number of aliphatic hydroxyl groups is 1. The van der Waals surface area contributed by atoms with Gasteiger partial charge in [-0.3, -0.25) is 0 Å². The minimum Gasteiger partial charge on any atom is -0.478 e. The van der Waals surface area contributed by atoms with Gasteiger partial charge in [-0.15, -0.1) is 0 Å². The lowest BCUT2D eigenvalue weighted by Gasteiger charge is -2.22. The van der Waals surface area contributed by atoms with Crippen LogP contribution in [0.3, 0.4) is 0 Å². The van der Waals surface area contributed by atoms with E-state index in [1.165, 1.54) is 22.5 Å². The molecule has 1 aliphatic rings. The minimum absolute atomic E-state index is 0.0224. The Morgan fingerprint density at radius 3 is 2.75 bits per heavy atom. The van der Waals surface area contributed by atoms with Gasteiger partial charge in [0.05, 0.1) is 17.1 Å². The molecule has 1 aromatic rings. The van der Waals surface area contributed by atoms with Crippen LogP contribution in [0.4, 0.5) is 0 Å². The number of carbonyl (C=O) groups is 1. The van der Waals surface area contributed by atoms with E-state index in [-0.39, 0.29) is 17.1 Å². The van der Waals surface area contributed by atoms with Crippen molar-refractivity contribution in [3.63, 3.8) is 0 Å². The fraction of sp³-hybridized carbons (Fsp3) is 0.462. The molecule has 7 heteroatoms. The molecule has 1 aromatic carbocycles. The van der Waals surface area contributed by atoms with Crippen molar-refractivity contribution in [2.24, 2.45) is 0 Å². The molecule has 2 rings (SSSR count). The van der Waals surface area contributed by atoms with Gasteiger partial charge in [0.25, 0.3) is 0 Å². The second kappa shape index (κ2) is 5.51. The first-order chi connectivity index (χ1) is 9.37. The van der Waals surface area contributed by atoms with Crippen molar-refractivity contribution in [3.05, 3.63) is 29.3 Å². The van der Waals surface area contributed by atoms with Gasteiger partial charge in [-0.1, -0.05) is 6.07 Å². The van der Waals surface area contributed by atoms with E-state index >= 15 is 0 Å². The normalized spacial score (nSPS) is 20.2. The zero-order valence-corrected chi connectivity index (χ0v) is 11.9. The Hall–Kier alpha value is -1.44. The van der Waals surface area contributed by atoms with Gasteiger partial charge in [0.2, 0.25) is 10.0 Å². The molecular weight excluding hydrogens is 282 g/mol. The van der Waals surface area contributed by atoms with Crippen LogP contribution in [0.1, 0.15) is 28.8 Å². The summed E-state index contributed by atoms with van der Waals surface area (Å²) in [4.78, 5) is 11.1. The molecule has 1 saturated heterocycles. The Bertz CT molecular complexity index is 626. The molecule has 0 radical (unpaired) electrons. The molecule has 1 aliphatic heterocycles. The van der Waals surface area contributed by atoms with E-state index in [9.17, 15) is 18.3 Å². The first kappa shape index (κ1) is 15.0. The second-order valence-corrected chi connectivity index (χ2v) is 6.77. The average Bonchev–Trinajstić information content (AvgIpc) is 2.87. The SMILES string of the molecule is Cc1ccc(S(=O)(=O)N2CCC[C@@H]2CO)cc1C(=O)O. The largest absolute Gasteiger partial charge is 0.478 e. The van der Waals surface area contributed by atoms with E-state index in [4.69, 9.17) is 5.11 Å². The van der Waals surface area contributed by atoms with Crippen molar-refractivity contribution in [2.75, 3.05) is 13.2 Å². The van der Waals surface area contributed by atoms with Gasteiger partial charge in [-0.25, -0.2) is 13.2 Å². The van der Waals surface area contributed by atoms with Crippen molar-refractivity contribution < 1.29 is 23.4 Å². The zero-order chi connectivity index (χ0) is 14.9. The van der Waals surface area contributed by atoms with Crippen molar-refractivity contribution >= 4 is 16.0 Å². The molecule has 6 nitrogen and oxygen atoms in total. The van der Waals surface area contributed by atoms with E-state index in [2.05, 4.69) is 0 Å².